The summed E-state index contributed by atoms with van der Waals surface area (Å²) in [5, 5.41) is 3.68. The average molecular weight is 317 g/mol. The third-order valence-corrected chi connectivity index (χ3v) is 4.23. The lowest BCUT2D eigenvalue weighted by atomic mass is 10.1. The third-order valence-electron chi connectivity index (χ3n) is 3.77. The molecule has 3 heteroatoms. The van der Waals surface area contributed by atoms with Crippen LogP contribution in [0.25, 0.3) is 0 Å². The quantitative estimate of drug-likeness (QED) is 0.878. The Hall–Kier alpha value is -1.35. The second kappa shape index (κ2) is 4.97. The molecule has 2 nitrogen and oxygen atoms in total. The van der Waals surface area contributed by atoms with Crippen molar-refractivity contribution in [3.8, 4) is 0 Å². The van der Waals surface area contributed by atoms with Gasteiger partial charge in [-0.3, -0.25) is 4.98 Å². The zero-order valence-electron chi connectivity index (χ0n) is 11.2. The van der Waals surface area contributed by atoms with Crippen LogP contribution in [0.2, 0.25) is 0 Å². The molecule has 0 bridgehead atoms. The normalized spacial score (nSPS) is 17.3. The Bertz CT molecular complexity index is 599. The van der Waals surface area contributed by atoms with Gasteiger partial charge in [0.15, 0.2) is 0 Å². The summed E-state index contributed by atoms with van der Waals surface area (Å²) in [5.74, 6) is 0. The molecule has 3 rings (SSSR count). The fourth-order valence-electron chi connectivity index (χ4n) is 2.87. The summed E-state index contributed by atoms with van der Waals surface area (Å²) in [6, 6.07) is 8.87. The van der Waals surface area contributed by atoms with Gasteiger partial charge >= 0.3 is 0 Å². The van der Waals surface area contributed by atoms with E-state index in [0.29, 0.717) is 6.04 Å². The Morgan fingerprint density at radius 2 is 2.00 bits per heavy atom. The topological polar surface area (TPSA) is 24.9 Å². The molecule has 0 saturated heterocycles. The molecule has 0 amide bonds. The fourth-order valence-corrected chi connectivity index (χ4v) is 3.55. The van der Waals surface area contributed by atoms with Gasteiger partial charge in [0, 0.05) is 16.4 Å². The van der Waals surface area contributed by atoms with Crippen LogP contribution in [-0.4, -0.2) is 4.98 Å². The third kappa shape index (κ3) is 2.39. The van der Waals surface area contributed by atoms with Crippen LogP contribution in [0.4, 0.5) is 5.69 Å². The molecule has 0 saturated carbocycles. The maximum atomic E-state index is 4.54. The highest BCUT2D eigenvalue weighted by molar-refractivity contribution is 9.10. The van der Waals surface area contributed by atoms with Gasteiger partial charge in [-0.05, 0) is 61.6 Å². The van der Waals surface area contributed by atoms with Gasteiger partial charge in [-0.1, -0.05) is 22.0 Å². The lowest BCUT2D eigenvalue weighted by molar-refractivity contribution is 0.744. The average Bonchev–Trinajstić information content (AvgIpc) is 2.77. The van der Waals surface area contributed by atoms with E-state index in [-0.39, 0.29) is 0 Å². The molecule has 1 aliphatic carbocycles. The van der Waals surface area contributed by atoms with E-state index in [0.717, 1.165) is 17.3 Å². The summed E-state index contributed by atoms with van der Waals surface area (Å²) >= 11 is 3.55. The lowest BCUT2D eigenvalue weighted by Crippen LogP contribution is -2.10. The van der Waals surface area contributed by atoms with Crippen LogP contribution < -0.4 is 5.32 Å². The Morgan fingerprint density at radius 3 is 2.74 bits per heavy atom. The van der Waals surface area contributed by atoms with Crippen LogP contribution >= 0.6 is 15.9 Å². The fraction of sp³-hybridized carbons (Fsp3) is 0.312. The van der Waals surface area contributed by atoms with Crippen molar-refractivity contribution in [3.63, 3.8) is 0 Å². The summed E-state index contributed by atoms with van der Waals surface area (Å²) in [7, 11) is 0. The van der Waals surface area contributed by atoms with Crippen molar-refractivity contribution in [2.24, 2.45) is 0 Å². The van der Waals surface area contributed by atoms with Crippen molar-refractivity contribution in [2.45, 2.75) is 32.7 Å². The maximum Gasteiger partial charge on any atom is 0.0691 e. The molecule has 1 aromatic carbocycles. The second-order valence-electron chi connectivity index (χ2n) is 5.20. The van der Waals surface area contributed by atoms with Gasteiger partial charge in [-0.2, -0.15) is 0 Å². The standard InChI is InChI=1S/C16H17BrN2/c1-10-8-13(17)9-11(2)15(10)19-14-6-5-12-4-3-7-18-16(12)14/h3-4,7-9,14,19H,5-6H2,1-2H3. The van der Waals surface area contributed by atoms with Crippen LogP contribution in [0, 0.1) is 13.8 Å². The highest BCUT2D eigenvalue weighted by Crippen LogP contribution is 2.34. The smallest absolute Gasteiger partial charge is 0.0691 e. The molecule has 1 atom stereocenters. The van der Waals surface area contributed by atoms with Crippen molar-refractivity contribution in [1.82, 2.24) is 4.98 Å². The second-order valence-corrected chi connectivity index (χ2v) is 6.11. The molecule has 0 spiro atoms. The van der Waals surface area contributed by atoms with E-state index in [1.165, 1.54) is 28.1 Å². The summed E-state index contributed by atoms with van der Waals surface area (Å²) in [6.07, 6.45) is 4.14. The molecule has 0 radical (unpaired) electrons. The zero-order valence-corrected chi connectivity index (χ0v) is 12.8. The Morgan fingerprint density at radius 1 is 1.26 bits per heavy atom. The van der Waals surface area contributed by atoms with Gasteiger partial charge < -0.3 is 5.32 Å². The van der Waals surface area contributed by atoms with E-state index in [4.69, 9.17) is 0 Å². The van der Waals surface area contributed by atoms with Crippen LogP contribution in [0.1, 0.15) is 34.8 Å². The number of anilines is 1. The Kier molecular flexibility index (Phi) is 3.31. The molecule has 1 unspecified atom stereocenters. The predicted molar refractivity (Wildman–Crippen MR) is 82.5 cm³/mol. The van der Waals surface area contributed by atoms with Gasteiger partial charge in [0.1, 0.15) is 0 Å². The number of aryl methyl sites for hydroxylation is 3. The number of fused-ring (bicyclic) bond motifs is 1. The van der Waals surface area contributed by atoms with Crippen molar-refractivity contribution >= 4 is 21.6 Å². The van der Waals surface area contributed by atoms with E-state index in [9.17, 15) is 0 Å². The number of rotatable bonds is 2. The number of benzene rings is 1. The highest BCUT2D eigenvalue weighted by atomic mass is 79.9. The van der Waals surface area contributed by atoms with Crippen LogP contribution in [0.3, 0.4) is 0 Å². The zero-order chi connectivity index (χ0) is 13.4. The number of pyridine rings is 1. The first-order valence-corrected chi connectivity index (χ1v) is 7.41. The molecule has 98 valence electrons. The Balaban J connectivity index is 1.92. The van der Waals surface area contributed by atoms with E-state index in [2.05, 4.69) is 58.3 Å². The predicted octanol–water partition coefficient (Wildman–Crippen LogP) is 4.56. The minimum atomic E-state index is 0.342. The van der Waals surface area contributed by atoms with Crippen LogP contribution in [0.5, 0.6) is 0 Å². The molecular weight excluding hydrogens is 300 g/mol. The first kappa shape index (κ1) is 12.7. The summed E-state index contributed by atoms with van der Waals surface area (Å²) in [6.45, 7) is 4.29. The molecule has 2 aromatic rings. The summed E-state index contributed by atoms with van der Waals surface area (Å²) in [5.41, 5.74) is 6.39. The Labute approximate surface area is 122 Å². The molecule has 0 fully saturated rings. The summed E-state index contributed by atoms with van der Waals surface area (Å²) in [4.78, 5) is 4.54. The number of nitrogens with zero attached hydrogens (tertiary/aromatic N) is 1. The molecule has 1 aromatic heterocycles. The summed E-state index contributed by atoms with van der Waals surface area (Å²) < 4.78 is 1.14. The largest absolute Gasteiger partial charge is 0.376 e. The first-order chi connectivity index (χ1) is 9.15. The van der Waals surface area contributed by atoms with Gasteiger partial charge in [-0.25, -0.2) is 0 Å². The lowest BCUT2D eigenvalue weighted by Gasteiger charge is -2.19. The van der Waals surface area contributed by atoms with E-state index in [1.807, 2.05) is 12.3 Å². The van der Waals surface area contributed by atoms with Crippen LogP contribution in [-0.2, 0) is 6.42 Å². The SMILES string of the molecule is Cc1cc(Br)cc(C)c1NC1CCc2cccnc21. The van der Waals surface area contributed by atoms with Gasteiger partial charge in [0.2, 0.25) is 0 Å². The monoisotopic (exact) mass is 316 g/mol. The first-order valence-electron chi connectivity index (χ1n) is 6.62. The molecule has 19 heavy (non-hydrogen) atoms. The number of nitrogens with one attached hydrogen (secondary N) is 1. The molecule has 0 aliphatic heterocycles. The molecule has 1 aliphatic rings. The van der Waals surface area contributed by atoms with Gasteiger partial charge in [0.05, 0.1) is 11.7 Å². The number of aromatic nitrogens is 1. The van der Waals surface area contributed by atoms with Crippen molar-refractivity contribution in [1.29, 1.82) is 0 Å². The minimum absolute atomic E-state index is 0.342. The van der Waals surface area contributed by atoms with E-state index >= 15 is 0 Å². The molecule has 1 N–H and O–H groups in total. The van der Waals surface area contributed by atoms with E-state index in [1.54, 1.807) is 0 Å². The van der Waals surface area contributed by atoms with Crippen molar-refractivity contribution < 1.29 is 0 Å². The molecular formula is C16H17BrN2. The van der Waals surface area contributed by atoms with Crippen molar-refractivity contribution in [3.05, 3.63) is 57.3 Å². The minimum Gasteiger partial charge on any atom is -0.376 e. The highest BCUT2D eigenvalue weighted by Gasteiger charge is 2.24. The molecule has 1 heterocycles. The van der Waals surface area contributed by atoms with Crippen LogP contribution in [0.15, 0.2) is 34.9 Å². The number of hydrogen-bond donors (Lipinski definition) is 1. The van der Waals surface area contributed by atoms with E-state index < -0.39 is 0 Å². The van der Waals surface area contributed by atoms with Gasteiger partial charge in [-0.15, -0.1) is 0 Å². The number of halogens is 1. The maximum absolute atomic E-state index is 4.54. The number of hydrogen-bond acceptors (Lipinski definition) is 2. The van der Waals surface area contributed by atoms with Crippen molar-refractivity contribution in [2.75, 3.05) is 5.32 Å². The van der Waals surface area contributed by atoms with Gasteiger partial charge in [0.25, 0.3) is 0 Å².